The molecular weight excluding hydrogens is 236 g/mol. The number of carbonyl (C=O) groups excluding carboxylic acids is 1. The first-order valence-corrected chi connectivity index (χ1v) is 7.36. The van der Waals surface area contributed by atoms with Crippen LogP contribution >= 0.6 is 0 Å². The minimum atomic E-state index is 0.216. The summed E-state index contributed by atoms with van der Waals surface area (Å²) in [5.74, 6) is 0.843. The molecule has 3 heteroatoms. The van der Waals surface area contributed by atoms with E-state index in [-0.39, 0.29) is 5.91 Å². The number of rotatable bonds is 1. The molecule has 1 amide bonds. The van der Waals surface area contributed by atoms with E-state index in [0.717, 1.165) is 32.5 Å². The average molecular weight is 258 g/mol. The van der Waals surface area contributed by atoms with Crippen molar-refractivity contribution in [3.8, 4) is 0 Å². The van der Waals surface area contributed by atoms with Crippen LogP contribution in [0.15, 0.2) is 18.2 Å². The van der Waals surface area contributed by atoms with Gasteiger partial charge in [-0.1, -0.05) is 12.1 Å². The molecule has 1 aromatic rings. The van der Waals surface area contributed by atoms with E-state index >= 15 is 0 Å². The third-order valence-electron chi connectivity index (χ3n) is 4.48. The van der Waals surface area contributed by atoms with Gasteiger partial charge in [0, 0.05) is 32.2 Å². The van der Waals surface area contributed by atoms with Crippen LogP contribution in [0.1, 0.15) is 43.2 Å². The molecular formula is C16H22N2O. The van der Waals surface area contributed by atoms with Gasteiger partial charge in [0.15, 0.2) is 0 Å². The van der Waals surface area contributed by atoms with Crippen molar-refractivity contribution in [2.45, 2.75) is 38.5 Å². The van der Waals surface area contributed by atoms with E-state index in [1.54, 1.807) is 6.92 Å². The van der Waals surface area contributed by atoms with Crippen molar-refractivity contribution in [1.82, 2.24) is 4.90 Å². The molecule has 0 radical (unpaired) electrons. The molecule has 2 heterocycles. The molecule has 2 aliphatic heterocycles. The van der Waals surface area contributed by atoms with Crippen molar-refractivity contribution in [2.24, 2.45) is 0 Å². The summed E-state index contributed by atoms with van der Waals surface area (Å²) in [5.41, 5.74) is 4.25. The molecule has 1 aromatic carbocycles. The molecule has 0 atom stereocenters. The Balaban J connectivity index is 1.71. The van der Waals surface area contributed by atoms with Gasteiger partial charge in [0.05, 0.1) is 0 Å². The first kappa shape index (κ1) is 12.5. The van der Waals surface area contributed by atoms with E-state index in [1.165, 1.54) is 29.7 Å². The van der Waals surface area contributed by atoms with Crippen LogP contribution < -0.4 is 5.32 Å². The quantitative estimate of drug-likeness (QED) is 0.840. The van der Waals surface area contributed by atoms with E-state index in [1.807, 2.05) is 4.90 Å². The summed E-state index contributed by atoms with van der Waals surface area (Å²) in [5, 5.41) is 3.46. The van der Waals surface area contributed by atoms with Crippen LogP contribution in [0.2, 0.25) is 0 Å². The van der Waals surface area contributed by atoms with Crippen molar-refractivity contribution in [3.05, 3.63) is 29.3 Å². The van der Waals surface area contributed by atoms with Crippen LogP contribution in [0.25, 0.3) is 0 Å². The smallest absolute Gasteiger partial charge is 0.219 e. The molecule has 1 saturated heterocycles. The van der Waals surface area contributed by atoms with Crippen LogP contribution in [-0.2, 0) is 11.2 Å². The topological polar surface area (TPSA) is 32.3 Å². The third kappa shape index (κ3) is 2.60. The molecule has 0 aliphatic carbocycles. The molecule has 0 saturated carbocycles. The number of likely N-dealkylation sites (tertiary alicyclic amines) is 1. The van der Waals surface area contributed by atoms with Crippen molar-refractivity contribution in [2.75, 3.05) is 25.0 Å². The van der Waals surface area contributed by atoms with Gasteiger partial charge in [0.1, 0.15) is 0 Å². The number of amides is 1. The summed E-state index contributed by atoms with van der Waals surface area (Å²) in [6, 6.07) is 6.89. The highest BCUT2D eigenvalue weighted by Crippen LogP contribution is 2.32. The van der Waals surface area contributed by atoms with Gasteiger partial charge in [-0.25, -0.2) is 0 Å². The highest BCUT2D eigenvalue weighted by atomic mass is 16.2. The Kier molecular flexibility index (Phi) is 3.45. The number of fused-ring (bicyclic) bond motifs is 1. The van der Waals surface area contributed by atoms with Gasteiger partial charge in [0.25, 0.3) is 0 Å². The lowest BCUT2D eigenvalue weighted by atomic mass is 9.87. The van der Waals surface area contributed by atoms with Crippen molar-refractivity contribution in [1.29, 1.82) is 0 Å². The van der Waals surface area contributed by atoms with Crippen LogP contribution in [0.5, 0.6) is 0 Å². The molecule has 1 fully saturated rings. The van der Waals surface area contributed by atoms with Crippen molar-refractivity contribution >= 4 is 11.6 Å². The van der Waals surface area contributed by atoms with Gasteiger partial charge in [-0.2, -0.15) is 0 Å². The Morgan fingerprint density at radius 2 is 2.11 bits per heavy atom. The number of hydrogen-bond acceptors (Lipinski definition) is 2. The van der Waals surface area contributed by atoms with Gasteiger partial charge in [0.2, 0.25) is 5.91 Å². The fraction of sp³-hybridized carbons (Fsp3) is 0.562. The Hall–Kier alpha value is -1.51. The summed E-state index contributed by atoms with van der Waals surface area (Å²) >= 11 is 0. The largest absolute Gasteiger partial charge is 0.385 e. The first-order chi connectivity index (χ1) is 9.24. The van der Waals surface area contributed by atoms with Crippen LogP contribution in [0.3, 0.4) is 0 Å². The predicted octanol–water partition coefficient (Wildman–Crippen LogP) is 2.77. The highest BCUT2D eigenvalue weighted by Gasteiger charge is 2.22. The van der Waals surface area contributed by atoms with Crippen LogP contribution in [0.4, 0.5) is 5.69 Å². The molecule has 0 spiro atoms. The summed E-state index contributed by atoms with van der Waals surface area (Å²) in [6.07, 6.45) is 4.64. The van der Waals surface area contributed by atoms with E-state index in [9.17, 15) is 4.79 Å². The fourth-order valence-electron chi connectivity index (χ4n) is 3.28. The van der Waals surface area contributed by atoms with Gasteiger partial charge in [-0.3, -0.25) is 4.79 Å². The summed E-state index contributed by atoms with van der Waals surface area (Å²) < 4.78 is 0. The number of piperidine rings is 1. The summed E-state index contributed by atoms with van der Waals surface area (Å²) in [6.45, 7) is 4.60. The zero-order chi connectivity index (χ0) is 13.2. The number of hydrogen-bond donors (Lipinski definition) is 1. The standard InChI is InChI=1S/C16H22N2O/c1-12(19)18-9-6-13(7-10-18)14-4-5-16-15(11-14)3-2-8-17-16/h4-5,11,13,17H,2-3,6-10H2,1H3. The van der Waals surface area contributed by atoms with E-state index < -0.39 is 0 Å². The third-order valence-corrected chi connectivity index (χ3v) is 4.48. The number of nitrogens with zero attached hydrogens (tertiary/aromatic N) is 1. The second-order valence-corrected chi connectivity index (χ2v) is 5.73. The monoisotopic (exact) mass is 258 g/mol. The van der Waals surface area contributed by atoms with Gasteiger partial charge >= 0.3 is 0 Å². The maximum Gasteiger partial charge on any atom is 0.219 e. The van der Waals surface area contributed by atoms with Gasteiger partial charge in [-0.05, 0) is 48.8 Å². The van der Waals surface area contributed by atoms with Crippen molar-refractivity contribution < 1.29 is 4.79 Å². The van der Waals surface area contributed by atoms with Crippen LogP contribution in [-0.4, -0.2) is 30.4 Å². The molecule has 2 aliphatic rings. The van der Waals surface area contributed by atoms with E-state index in [0.29, 0.717) is 5.92 Å². The summed E-state index contributed by atoms with van der Waals surface area (Å²) in [4.78, 5) is 13.3. The number of benzene rings is 1. The van der Waals surface area contributed by atoms with E-state index in [2.05, 4.69) is 23.5 Å². The molecule has 3 nitrogen and oxygen atoms in total. The first-order valence-electron chi connectivity index (χ1n) is 7.36. The Labute approximate surface area is 115 Å². The second kappa shape index (κ2) is 5.24. The maximum atomic E-state index is 11.4. The highest BCUT2D eigenvalue weighted by molar-refractivity contribution is 5.73. The number of anilines is 1. The molecule has 1 N–H and O–H groups in total. The predicted molar refractivity (Wildman–Crippen MR) is 77.5 cm³/mol. The Morgan fingerprint density at radius 1 is 1.32 bits per heavy atom. The second-order valence-electron chi connectivity index (χ2n) is 5.73. The number of carbonyl (C=O) groups is 1. The molecule has 102 valence electrons. The van der Waals surface area contributed by atoms with Crippen molar-refractivity contribution in [3.63, 3.8) is 0 Å². The Bertz CT molecular complexity index is 476. The molecule has 0 bridgehead atoms. The number of nitrogens with one attached hydrogen (secondary N) is 1. The van der Waals surface area contributed by atoms with E-state index in [4.69, 9.17) is 0 Å². The number of aryl methyl sites for hydroxylation is 1. The Morgan fingerprint density at radius 3 is 2.84 bits per heavy atom. The molecule has 3 rings (SSSR count). The molecule has 0 aromatic heterocycles. The zero-order valence-electron chi connectivity index (χ0n) is 11.6. The zero-order valence-corrected chi connectivity index (χ0v) is 11.6. The maximum absolute atomic E-state index is 11.4. The van der Waals surface area contributed by atoms with Gasteiger partial charge in [-0.15, -0.1) is 0 Å². The lowest BCUT2D eigenvalue weighted by Crippen LogP contribution is -2.36. The lowest BCUT2D eigenvalue weighted by molar-refractivity contribution is -0.129. The minimum absolute atomic E-state index is 0.216. The normalized spacial score (nSPS) is 19.7. The van der Waals surface area contributed by atoms with Gasteiger partial charge < -0.3 is 10.2 Å². The fourth-order valence-corrected chi connectivity index (χ4v) is 3.28. The van der Waals surface area contributed by atoms with Crippen LogP contribution in [0, 0.1) is 0 Å². The SMILES string of the molecule is CC(=O)N1CCC(c2ccc3c(c2)CCCN3)CC1. The minimum Gasteiger partial charge on any atom is -0.385 e. The lowest BCUT2D eigenvalue weighted by Gasteiger charge is -2.32. The summed E-state index contributed by atoms with van der Waals surface area (Å²) in [7, 11) is 0. The molecule has 19 heavy (non-hydrogen) atoms. The average Bonchev–Trinajstić information content (AvgIpc) is 2.47. The molecule has 0 unspecified atom stereocenters.